The van der Waals surface area contributed by atoms with Crippen LogP contribution in [0.4, 0.5) is 5.69 Å². The molecule has 3 aromatic carbocycles. The van der Waals surface area contributed by atoms with Gasteiger partial charge in [-0.1, -0.05) is 54.6 Å². The molecular weight excluding hydrogens is 392 g/mol. The zero-order valence-corrected chi connectivity index (χ0v) is 17.1. The lowest BCUT2D eigenvalue weighted by atomic mass is 10.1. The highest BCUT2D eigenvalue weighted by Gasteiger charge is 2.21. The van der Waals surface area contributed by atoms with E-state index in [1.54, 1.807) is 4.52 Å². The van der Waals surface area contributed by atoms with Crippen LogP contribution in [0.15, 0.2) is 90.1 Å². The van der Waals surface area contributed by atoms with Gasteiger partial charge in [-0.2, -0.15) is 5.10 Å². The molecule has 1 N–H and O–H groups in total. The number of anilines is 1. The molecule has 0 radical (unpaired) electrons. The van der Waals surface area contributed by atoms with Crippen molar-refractivity contribution in [2.24, 2.45) is 0 Å². The number of nitrogens with one attached hydrogen (secondary N) is 1. The van der Waals surface area contributed by atoms with E-state index in [9.17, 15) is 4.79 Å². The summed E-state index contributed by atoms with van der Waals surface area (Å²) < 4.78 is 1.66. The van der Waals surface area contributed by atoms with Crippen molar-refractivity contribution in [2.45, 2.75) is 5.03 Å². The molecule has 0 aliphatic carbocycles. The maximum atomic E-state index is 13.1. The number of rotatable bonds is 4. The standard InChI is InChI=1S/C24H18N4OS/c1-30-24-21(23(29)25-19-9-3-2-4-10-19)22-26-20(13-14-28(22)27-24)18-12-11-16-7-5-6-8-17(16)15-18/h2-15H,1H3,(H,25,29). The number of hydrogen-bond donors (Lipinski definition) is 1. The molecule has 2 heterocycles. The Morgan fingerprint density at radius 2 is 1.70 bits per heavy atom. The number of benzene rings is 3. The summed E-state index contributed by atoms with van der Waals surface area (Å²) in [6, 6.07) is 25.8. The number of nitrogens with zero attached hydrogens (tertiary/aromatic N) is 3. The molecule has 0 fully saturated rings. The SMILES string of the molecule is CSc1nn2ccc(-c3ccc4ccccc4c3)nc2c1C(=O)Nc1ccccc1. The van der Waals surface area contributed by atoms with Crippen molar-refractivity contribution in [3.8, 4) is 11.3 Å². The lowest BCUT2D eigenvalue weighted by molar-refractivity contribution is 0.102. The van der Waals surface area contributed by atoms with E-state index in [1.165, 1.54) is 17.1 Å². The van der Waals surface area contributed by atoms with Gasteiger partial charge in [-0.25, -0.2) is 9.50 Å². The minimum absolute atomic E-state index is 0.219. The summed E-state index contributed by atoms with van der Waals surface area (Å²) >= 11 is 1.43. The van der Waals surface area contributed by atoms with Crippen LogP contribution in [0.1, 0.15) is 10.4 Å². The van der Waals surface area contributed by atoms with Gasteiger partial charge in [-0.05, 0) is 41.3 Å². The number of carbonyl (C=O) groups excluding carboxylic acids is 1. The monoisotopic (exact) mass is 410 g/mol. The summed E-state index contributed by atoms with van der Waals surface area (Å²) in [7, 11) is 0. The second-order valence-corrected chi connectivity index (χ2v) is 7.64. The van der Waals surface area contributed by atoms with Crippen LogP contribution < -0.4 is 5.32 Å². The van der Waals surface area contributed by atoms with Crippen molar-refractivity contribution in [1.82, 2.24) is 14.6 Å². The molecule has 0 aliphatic heterocycles. The van der Waals surface area contributed by atoms with Crippen LogP contribution in [-0.4, -0.2) is 26.8 Å². The molecule has 0 saturated carbocycles. The molecule has 5 aromatic rings. The highest BCUT2D eigenvalue weighted by Crippen LogP contribution is 2.27. The number of fused-ring (bicyclic) bond motifs is 2. The highest BCUT2D eigenvalue weighted by molar-refractivity contribution is 7.98. The van der Waals surface area contributed by atoms with E-state index in [4.69, 9.17) is 4.98 Å². The number of aromatic nitrogens is 3. The average molecular weight is 411 g/mol. The third-order valence-corrected chi connectivity index (χ3v) is 5.62. The molecule has 2 aromatic heterocycles. The molecule has 146 valence electrons. The second-order valence-electron chi connectivity index (χ2n) is 6.85. The second kappa shape index (κ2) is 7.65. The Labute approximate surface area is 177 Å². The molecule has 0 bridgehead atoms. The molecule has 0 unspecified atom stereocenters. The number of para-hydroxylation sites is 1. The Morgan fingerprint density at radius 1 is 0.933 bits per heavy atom. The van der Waals surface area contributed by atoms with Crippen molar-refractivity contribution in [3.63, 3.8) is 0 Å². The number of amides is 1. The maximum absolute atomic E-state index is 13.1. The summed E-state index contributed by atoms with van der Waals surface area (Å²) in [5, 5.41) is 10.5. The van der Waals surface area contributed by atoms with Crippen LogP contribution in [0.3, 0.4) is 0 Å². The molecule has 1 amide bonds. The first kappa shape index (κ1) is 18.4. The first-order valence-corrected chi connectivity index (χ1v) is 10.7. The molecule has 0 saturated heterocycles. The number of hydrogen-bond acceptors (Lipinski definition) is 4. The molecule has 0 aliphatic rings. The summed E-state index contributed by atoms with van der Waals surface area (Å²) in [4.78, 5) is 17.9. The summed E-state index contributed by atoms with van der Waals surface area (Å²) in [5.41, 5.74) is 3.55. The van der Waals surface area contributed by atoms with Crippen molar-refractivity contribution in [1.29, 1.82) is 0 Å². The molecule has 5 nitrogen and oxygen atoms in total. The van der Waals surface area contributed by atoms with E-state index in [0.29, 0.717) is 16.2 Å². The Hall–Kier alpha value is -3.64. The van der Waals surface area contributed by atoms with Crippen LogP contribution in [0.25, 0.3) is 27.7 Å². The van der Waals surface area contributed by atoms with Crippen molar-refractivity contribution < 1.29 is 4.79 Å². The Morgan fingerprint density at radius 3 is 2.50 bits per heavy atom. The lowest BCUT2D eigenvalue weighted by Crippen LogP contribution is -2.13. The smallest absolute Gasteiger partial charge is 0.262 e. The van der Waals surface area contributed by atoms with Gasteiger partial charge >= 0.3 is 0 Å². The fraction of sp³-hybridized carbons (Fsp3) is 0.0417. The van der Waals surface area contributed by atoms with Gasteiger partial charge in [0.05, 0.1) is 5.69 Å². The number of carbonyl (C=O) groups is 1. The zero-order valence-electron chi connectivity index (χ0n) is 16.2. The number of thioether (sulfide) groups is 1. The van der Waals surface area contributed by atoms with Gasteiger partial charge in [-0.15, -0.1) is 11.8 Å². The lowest BCUT2D eigenvalue weighted by Gasteiger charge is -2.06. The molecule has 5 rings (SSSR count). The Kier molecular flexibility index (Phi) is 4.69. The van der Waals surface area contributed by atoms with Crippen molar-refractivity contribution in [2.75, 3.05) is 11.6 Å². The van der Waals surface area contributed by atoms with Gasteiger partial charge in [-0.3, -0.25) is 4.79 Å². The van der Waals surface area contributed by atoms with Gasteiger partial charge in [0, 0.05) is 17.4 Å². The van der Waals surface area contributed by atoms with Crippen LogP contribution in [0.2, 0.25) is 0 Å². The molecule has 0 atom stereocenters. The minimum Gasteiger partial charge on any atom is -0.322 e. The van der Waals surface area contributed by atoms with Gasteiger partial charge in [0.2, 0.25) is 0 Å². The molecule has 0 spiro atoms. The van der Waals surface area contributed by atoms with Crippen molar-refractivity contribution >= 4 is 39.8 Å². The quantitative estimate of drug-likeness (QED) is 0.396. The molecule has 6 heteroatoms. The molecule has 30 heavy (non-hydrogen) atoms. The zero-order chi connectivity index (χ0) is 20.5. The van der Waals surface area contributed by atoms with Crippen LogP contribution >= 0.6 is 11.8 Å². The third-order valence-electron chi connectivity index (χ3n) is 4.95. The minimum atomic E-state index is -0.219. The predicted molar refractivity (Wildman–Crippen MR) is 122 cm³/mol. The van der Waals surface area contributed by atoms with E-state index in [0.717, 1.165) is 22.3 Å². The van der Waals surface area contributed by atoms with Crippen LogP contribution in [-0.2, 0) is 0 Å². The van der Waals surface area contributed by atoms with Gasteiger partial charge in [0.15, 0.2) is 5.65 Å². The largest absolute Gasteiger partial charge is 0.322 e. The van der Waals surface area contributed by atoms with E-state index in [2.05, 4.69) is 40.7 Å². The summed E-state index contributed by atoms with van der Waals surface area (Å²) in [5.74, 6) is -0.219. The van der Waals surface area contributed by atoms with Crippen LogP contribution in [0.5, 0.6) is 0 Å². The van der Waals surface area contributed by atoms with Gasteiger partial charge < -0.3 is 5.32 Å². The average Bonchev–Trinajstić information content (AvgIpc) is 3.17. The molecular formula is C24H18N4OS. The van der Waals surface area contributed by atoms with E-state index >= 15 is 0 Å². The van der Waals surface area contributed by atoms with E-state index in [-0.39, 0.29) is 5.91 Å². The summed E-state index contributed by atoms with van der Waals surface area (Å²) in [6.45, 7) is 0. The first-order valence-electron chi connectivity index (χ1n) is 9.52. The third kappa shape index (κ3) is 3.31. The van der Waals surface area contributed by atoms with Gasteiger partial charge in [0.1, 0.15) is 10.6 Å². The Bertz CT molecular complexity index is 1380. The van der Waals surface area contributed by atoms with Gasteiger partial charge in [0.25, 0.3) is 5.91 Å². The van der Waals surface area contributed by atoms with E-state index < -0.39 is 0 Å². The highest BCUT2D eigenvalue weighted by atomic mass is 32.2. The fourth-order valence-electron chi connectivity index (χ4n) is 3.48. The predicted octanol–water partition coefficient (Wildman–Crippen LogP) is 5.52. The Balaban J connectivity index is 1.60. The maximum Gasteiger partial charge on any atom is 0.262 e. The normalized spacial score (nSPS) is 11.1. The van der Waals surface area contributed by atoms with Crippen LogP contribution in [0, 0.1) is 0 Å². The van der Waals surface area contributed by atoms with Crippen molar-refractivity contribution in [3.05, 3.63) is 90.6 Å². The first-order chi connectivity index (χ1) is 14.7. The van der Waals surface area contributed by atoms with E-state index in [1.807, 2.05) is 61.0 Å². The fourth-order valence-corrected chi connectivity index (χ4v) is 4.03. The summed E-state index contributed by atoms with van der Waals surface area (Å²) in [6.07, 6.45) is 3.76. The topological polar surface area (TPSA) is 59.3 Å².